The average Bonchev–Trinajstić information content (AvgIpc) is 2.45. The number of nitriles is 1. The van der Waals surface area contributed by atoms with Crippen LogP contribution in [0.1, 0.15) is 30.6 Å². The Hall–Kier alpha value is -2.22. The minimum atomic E-state index is -0.914. The molecule has 1 amide bonds. The third kappa shape index (κ3) is 3.16. The normalized spacial score (nSPS) is 13.0. The highest BCUT2D eigenvalue weighted by molar-refractivity contribution is 6.00. The number of rotatable bonds is 5. The van der Waals surface area contributed by atoms with Crippen LogP contribution in [0.25, 0.3) is 0 Å². The van der Waals surface area contributed by atoms with E-state index < -0.39 is 5.54 Å². The van der Waals surface area contributed by atoms with Crippen LogP contribution >= 0.6 is 0 Å². The molecule has 102 valence electrons. The van der Waals surface area contributed by atoms with Crippen LogP contribution in [0.2, 0.25) is 0 Å². The van der Waals surface area contributed by atoms with Crippen molar-refractivity contribution >= 4 is 5.91 Å². The molecule has 0 fully saturated rings. The molecule has 0 spiro atoms. The SMILES string of the molecule is CCC(C)(C#N)NC(=O)c1c(OC)cccc1OC. The van der Waals surface area contributed by atoms with Gasteiger partial charge in [-0.15, -0.1) is 0 Å². The first-order chi connectivity index (χ1) is 9.01. The Kier molecular flexibility index (Phi) is 4.76. The van der Waals surface area contributed by atoms with Gasteiger partial charge in [0.1, 0.15) is 22.6 Å². The highest BCUT2D eigenvalue weighted by atomic mass is 16.5. The van der Waals surface area contributed by atoms with Crippen LogP contribution < -0.4 is 14.8 Å². The predicted molar refractivity (Wildman–Crippen MR) is 71.3 cm³/mol. The fourth-order valence-electron chi connectivity index (χ4n) is 1.58. The van der Waals surface area contributed by atoms with Crippen molar-refractivity contribution in [2.45, 2.75) is 25.8 Å². The predicted octanol–water partition coefficient (Wildman–Crippen LogP) is 2.13. The molecule has 19 heavy (non-hydrogen) atoms. The molecular formula is C14H18N2O3. The van der Waals surface area contributed by atoms with E-state index in [0.717, 1.165) is 0 Å². The largest absolute Gasteiger partial charge is 0.496 e. The second-order valence-corrected chi connectivity index (χ2v) is 4.29. The van der Waals surface area contributed by atoms with Crippen molar-refractivity contribution < 1.29 is 14.3 Å². The number of carbonyl (C=O) groups is 1. The lowest BCUT2D eigenvalue weighted by molar-refractivity contribution is 0.0916. The van der Waals surface area contributed by atoms with E-state index in [1.165, 1.54) is 14.2 Å². The van der Waals surface area contributed by atoms with Crippen LogP contribution in [0.15, 0.2) is 18.2 Å². The van der Waals surface area contributed by atoms with Crippen molar-refractivity contribution in [1.29, 1.82) is 5.26 Å². The maximum Gasteiger partial charge on any atom is 0.260 e. The number of benzene rings is 1. The van der Waals surface area contributed by atoms with Crippen LogP contribution in [0.4, 0.5) is 0 Å². The molecule has 1 aromatic carbocycles. The molecule has 0 bridgehead atoms. The molecule has 0 radical (unpaired) electrons. The van der Waals surface area contributed by atoms with E-state index >= 15 is 0 Å². The highest BCUT2D eigenvalue weighted by Crippen LogP contribution is 2.28. The number of carbonyl (C=O) groups excluding carboxylic acids is 1. The Labute approximate surface area is 113 Å². The Morgan fingerprint density at radius 1 is 1.37 bits per heavy atom. The van der Waals surface area contributed by atoms with Gasteiger partial charge in [0.15, 0.2) is 0 Å². The van der Waals surface area contributed by atoms with Gasteiger partial charge in [-0.3, -0.25) is 4.79 Å². The van der Waals surface area contributed by atoms with Gasteiger partial charge in [0.05, 0.1) is 20.3 Å². The second kappa shape index (κ2) is 6.10. The maximum absolute atomic E-state index is 12.3. The van der Waals surface area contributed by atoms with Crippen molar-refractivity contribution in [3.05, 3.63) is 23.8 Å². The van der Waals surface area contributed by atoms with E-state index in [-0.39, 0.29) is 5.91 Å². The Bertz CT molecular complexity index is 486. The zero-order chi connectivity index (χ0) is 14.5. The molecule has 1 rings (SSSR count). The lowest BCUT2D eigenvalue weighted by Crippen LogP contribution is -2.44. The third-order valence-electron chi connectivity index (χ3n) is 3.00. The molecule has 0 aliphatic carbocycles. The van der Waals surface area contributed by atoms with Crippen molar-refractivity contribution in [2.24, 2.45) is 0 Å². The number of nitrogens with zero attached hydrogens (tertiary/aromatic N) is 1. The van der Waals surface area contributed by atoms with Gasteiger partial charge in [-0.1, -0.05) is 13.0 Å². The summed E-state index contributed by atoms with van der Waals surface area (Å²) in [7, 11) is 2.96. The fourth-order valence-corrected chi connectivity index (χ4v) is 1.58. The summed E-state index contributed by atoms with van der Waals surface area (Å²) in [6, 6.07) is 7.17. The van der Waals surface area contributed by atoms with Crippen LogP contribution in [0, 0.1) is 11.3 Å². The lowest BCUT2D eigenvalue weighted by atomic mass is 10.00. The van der Waals surface area contributed by atoms with Crippen LogP contribution in [0.5, 0.6) is 11.5 Å². The minimum absolute atomic E-state index is 0.294. The Balaban J connectivity index is 3.16. The van der Waals surface area contributed by atoms with Crippen molar-refractivity contribution in [3.63, 3.8) is 0 Å². The number of hydrogen-bond acceptors (Lipinski definition) is 4. The molecule has 1 N–H and O–H groups in total. The van der Waals surface area contributed by atoms with Crippen molar-refractivity contribution in [2.75, 3.05) is 14.2 Å². The lowest BCUT2D eigenvalue weighted by Gasteiger charge is -2.22. The molecule has 0 aromatic heterocycles. The molecule has 1 aromatic rings. The molecule has 5 heteroatoms. The molecule has 1 unspecified atom stereocenters. The molecule has 0 heterocycles. The topological polar surface area (TPSA) is 71.4 Å². The van der Waals surface area contributed by atoms with Gasteiger partial charge in [0.25, 0.3) is 5.91 Å². The summed E-state index contributed by atoms with van der Waals surface area (Å²) in [5, 5.41) is 11.8. The molecule has 0 aliphatic rings. The number of ether oxygens (including phenoxy) is 2. The quantitative estimate of drug-likeness (QED) is 0.882. The third-order valence-corrected chi connectivity index (χ3v) is 3.00. The number of amides is 1. The van der Waals surface area contributed by atoms with Crippen molar-refractivity contribution in [3.8, 4) is 17.6 Å². The molecule has 5 nitrogen and oxygen atoms in total. The van der Waals surface area contributed by atoms with Crippen LogP contribution in [-0.4, -0.2) is 25.7 Å². The smallest absolute Gasteiger partial charge is 0.260 e. The first-order valence-corrected chi connectivity index (χ1v) is 5.96. The first kappa shape index (κ1) is 14.8. The van der Waals surface area contributed by atoms with E-state index in [1.807, 2.05) is 6.92 Å². The van der Waals surface area contributed by atoms with E-state index in [0.29, 0.717) is 23.5 Å². The van der Waals surface area contributed by atoms with Gasteiger partial charge in [-0.25, -0.2) is 0 Å². The summed E-state index contributed by atoms with van der Waals surface area (Å²) in [4.78, 5) is 12.3. The Morgan fingerprint density at radius 2 is 1.89 bits per heavy atom. The van der Waals surface area contributed by atoms with E-state index in [9.17, 15) is 4.79 Å². The maximum atomic E-state index is 12.3. The van der Waals surface area contributed by atoms with Gasteiger partial charge < -0.3 is 14.8 Å². The minimum Gasteiger partial charge on any atom is -0.496 e. The molecule has 1 atom stereocenters. The zero-order valence-corrected chi connectivity index (χ0v) is 11.6. The monoisotopic (exact) mass is 262 g/mol. The zero-order valence-electron chi connectivity index (χ0n) is 11.6. The summed E-state index contributed by atoms with van der Waals surface area (Å²) in [6.45, 7) is 3.51. The summed E-state index contributed by atoms with van der Waals surface area (Å²) >= 11 is 0. The van der Waals surface area contributed by atoms with E-state index in [4.69, 9.17) is 14.7 Å². The Morgan fingerprint density at radius 3 is 2.26 bits per heavy atom. The summed E-state index contributed by atoms with van der Waals surface area (Å²) in [5.74, 6) is 0.432. The van der Waals surface area contributed by atoms with E-state index in [2.05, 4.69) is 11.4 Å². The summed E-state index contributed by atoms with van der Waals surface area (Å²) in [6.07, 6.45) is 0.507. The summed E-state index contributed by atoms with van der Waals surface area (Å²) < 4.78 is 10.3. The van der Waals surface area contributed by atoms with Crippen molar-refractivity contribution in [1.82, 2.24) is 5.32 Å². The van der Waals surface area contributed by atoms with Crippen LogP contribution in [0.3, 0.4) is 0 Å². The van der Waals surface area contributed by atoms with E-state index in [1.54, 1.807) is 25.1 Å². The first-order valence-electron chi connectivity index (χ1n) is 5.96. The molecular weight excluding hydrogens is 244 g/mol. The van der Waals surface area contributed by atoms with Gasteiger partial charge in [0, 0.05) is 0 Å². The summed E-state index contributed by atoms with van der Waals surface area (Å²) in [5.41, 5.74) is -0.620. The van der Waals surface area contributed by atoms with Gasteiger partial charge in [0.2, 0.25) is 0 Å². The molecule has 0 aliphatic heterocycles. The average molecular weight is 262 g/mol. The second-order valence-electron chi connectivity index (χ2n) is 4.29. The van der Waals surface area contributed by atoms with Crippen LogP contribution in [-0.2, 0) is 0 Å². The standard InChI is InChI=1S/C14H18N2O3/c1-5-14(2,9-15)16-13(17)12-10(18-3)7-6-8-11(12)19-4/h6-8H,5H2,1-4H3,(H,16,17). The van der Waals surface area contributed by atoms with Gasteiger partial charge >= 0.3 is 0 Å². The number of hydrogen-bond donors (Lipinski definition) is 1. The molecule has 0 saturated heterocycles. The number of methoxy groups -OCH3 is 2. The highest BCUT2D eigenvalue weighted by Gasteiger charge is 2.27. The number of nitrogens with one attached hydrogen (secondary N) is 1. The fraction of sp³-hybridized carbons (Fsp3) is 0.429. The molecule has 0 saturated carbocycles. The van der Waals surface area contributed by atoms with Gasteiger partial charge in [-0.2, -0.15) is 5.26 Å². The van der Waals surface area contributed by atoms with Gasteiger partial charge in [-0.05, 0) is 25.5 Å².